The third-order valence-corrected chi connectivity index (χ3v) is 4.02. The number of allylic oxidation sites excluding steroid dienone is 4. The highest BCUT2D eigenvalue weighted by Crippen LogP contribution is 2.55. The Morgan fingerprint density at radius 2 is 2.17 bits per heavy atom. The van der Waals surface area contributed by atoms with Gasteiger partial charge in [0.15, 0.2) is 0 Å². The molecule has 0 heterocycles. The first-order valence-electron chi connectivity index (χ1n) is 6.29. The Labute approximate surface area is 107 Å². The third-order valence-electron chi connectivity index (χ3n) is 4.02. The van der Waals surface area contributed by atoms with Crippen LogP contribution in [-0.4, -0.2) is 5.71 Å². The molecule has 0 amide bonds. The van der Waals surface area contributed by atoms with Crippen LogP contribution in [0.25, 0.3) is 0 Å². The molecule has 0 aromatic heterocycles. The van der Waals surface area contributed by atoms with Gasteiger partial charge < -0.3 is 5.41 Å². The van der Waals surface area contributed by atoms with Crippen LogP contribution < -0.4 is 0 Å². The van der Waals surface area contributed by atoms with Gasteiger partial charge in [-0.3, -0.25) is 0 Å². The zero-order valence-corrected chi connectivity index (χ0v) is 10.6. The van der Waals surface area contributed by atoms with E-state index in [0.717, 1.165) is 17.5 Å². The van der Waals surface area contributed by atoms with E-state index in [1.807, 2.05) is 12.2 Å². The number of benzene rings is 1. The number of hydrogen-bond acceptors (Lipinski definition) is 1. The van der Waals surface area contributed by atoms with Crippen molar-refractivity contribution in [3.8, 4) is 0 Å². The summed E-state index contributed by atoms with van der Waals surface area (Å²) in [6.45, 7) is 4.26. The third kappa shape index (κ3) is 1.64. The summed E-state index contributed by atoms with van der Waals surface area (Å²) in [5.41, 5.74) is 3.58. The van der Waals surface area contributed by atoms with E-state index in [1.54, 1.807) is 12.1 Å². The number of rotatable bonds is 0. The minimum absolute atomic E-state index is 0.0655. The van der Waals surface area contributed by atoms with Crippen LogP contribution in [0.15, 0.2) is 42.0 Å². The van der Waals surface area contributed by atoms with Crippen LogP contribution in [0, 0.1) is 17.1 Å². The van der Waals surface area contributed by atoms with Gasteiger partial charge in [-0.2, -0.15) is 0 Å². The minimum Gasteiger partial charge on any atom is -0.300 e. The van der Waals surface area contributed by atoms with Crippen molar-refractivity contribution >= 4 is 5.71 Å². The second-order valence-electron chi connectivity index (χ2n) is 5.52. The maximum Gasteiger partial charge on any atom is 0.123 e. The molecule has 0 spiro atoms. The van der Waals surface area contributed by atoms with Gasteiger partial charge in [-0.1, -0.05) is 31.6 Å². The molecule has 1 fully saturated rings. The Hall–Kier alpha value is -1.70. The van der Waals surface area contributed by atoms with Crippen molar-refractivity contribution in [1.29, 1.82) is 5.41 Å². The van der Waals surface area contributed by atoms with Gasteiger partial charge in [0.1, 0.15) is 5.82 Å². The molecule has 0 saturated heterocycles. The average molecular weight is 241 g/mol. The molecule has 2 aliphatic carbocycles. The SMILES string of the molecule is CC1C=C2CC2(C)c2cc(F)ccc2C(=N)/C=C\1. The average Bonchev–Trinajstić information content (AvgIpc) is 2.97. The second-order valence-corrected chi connectivity index (χ2v) is 5.52. The Kier molecular flexibility index (Phi) is 2.31. The normalized spacial score (nSPS) is 31.4. The summed E-state index contributed by atoms with van der Waals surface area (Å²) in [6, 6.07) is 4.76. The zero-order valence-electron chi connectivity index (χ0n) is 10.6. The van der Waals surface area contributed by atoms with Crippen LogP contribution in [0.1, 0.15) is 31.4 Å². The van der Waals surface area contributed by atoms with Crippen molar-refractivity contribution in [3.05, 3.63) is 58.9 Å². The molecule has 1 nitrogen and oxygen atoms in total. The van der Waals surface area contributed by atoms with E-state index in [-0.39, 0.29) is 11.2 Å². The number of nitrogens with one attached hydrogen (secondary N) is 1. The molecule has 0 aliphatic heterocycles. The topological polar surface area (TPSA) is 23.9 Å². The van der Waals surface area contributed by atoms with Crippen molar-refractivity contribution in [2.24, 2.45) is 5.92 Å². The van der Waals surface area contributed by atoms with Gasteiger partial charge in [0.2, 0.25) is 0 Å². The predicted molar refractivity (Wildman–Crippen MR) is 71.6 cm³/mol. The fourth-order valence-corrected chi connectivity index (χ4v) is 2.77. The maximum absolute atomic E-state index is 13.5. The molecule has 1 aromatic rings. The molecular weight excluding hydrogens is 225 g/mol. The number of fused-ring (bicyclic) bond motifs is 3. The lowest BCUT2D eigenvalue weighted by Gasteiger charge is -2.14. The largest absolute Gasteiger partial charge is 0.300 e. The van der Waals surface area contributed by atoms with Crippen molar-refractivity contribution in [2.75, 3.05) is 0 Å². The molecule has 0 bridgehead atoms. The van der Waals surface area contributed by atoms with Crippen LogP contribution in [0.4, 0.5) is 4.39 Å². The standard InChI is InChI=1S/C16H16FN/c1-10-3-6-15(18)13-5-4-12(17)8-14(13)16(2)9-11(16)7-10/h3-8,10,18H,9H2,1-2H3/b6-3-,11-7?,18-15?. The van der Waals surface area contributed by atoms with Gasteiger partial charge in [0, 0.05) is 11.0 Å². The fraction of sp³-hybridized carbons (Fsp3) is 0.312. The van der Waals surface area contributed by atoms with Crippen LogP contribution in [0.3, 0.4) is 0 Å². The van der Waals surface area contributed by atoms with E-state index in [1.165, 1.54) is 11.6 Å². The zero-order chi connectivity index (χ0) is 12.9. The molecule has 1 N–H and O–H groups in total. The van der Waals surface area contributed by atoms with Crippen molar-refractivity contribution in [2.45, 2.75) is 25.7 Å². The highest BCUT2D eigenvalue weighted by Gasteiger charge is 2.47. The summed E-state index contributed by atoms with van der Waals surface area (Å²) in [4.78, 5) is 0. The van der Waals surface area contributed by atoms with Gasteiger partial charge in [0.05, 0.1) is 5.71 Å². The highest BCUT2D eigenvalue weighted by atomic mass is 19.1. The quantitative estimate of drug-likeness (QED) is 0.664. The molecule has 2 heteroatoms. The van der Waals surface area contributed by atoms with Crippen LogP contribution in [0.5, 0.6) is 0 Å². The minimum atomic E-state index is -0.217. The Morgan fingerprint density at radius 1 is 1.39 bits per heavy atom. The van der Waals surface area contributed by atoms with Crippen LogP contribution in [0.2, 0.25) is 0 Å². The van der Waals surface area contributed by atoms with E-state index in [0.29, 0.717) is 11.6 Å². The first kappa shape index (κ1) is 11.4. The summed E-state index contributed by atoms with van der Waals surface area (Å²) in [7, 11) is 0. The molecule has 92 valence electrons. The van der Waals surface area contributed by atoms with Gasteiger partial charge in [-0.05, 0) is 42.2 Å². The van der Waals surface area contributed by atoms with E-state index in [4.69, 9.17) is 5.41 Å². The molecule has 1 aromatic carbocycles. The monoisotopic (exact) mass is 241 g/mol. The second kappa shape index (κ2) is 3.64. The summed E-state index contributed by atoms with van der Waals surface area (Å²) in [6.07, 6.45) is 7.08. The summed E-state index contributed by atoms with van der Waals surface area (Å²) >= 11 is 0. The summed E-state index contributed by atoms with van der Waals surface area (Å²) in [5, 5.41) is 8.13. The van der Waals surface area contributed by atoms with Crippen LogP contribution in [-0.2, 0) is 5.41 Å². The maximum atomic E-state index is 13.5. The number of halogens is 1. The molecule has 3 rings (SSSR count). The van der Waals surface area contributed by atoms with Gasteiger partial charge in [-0.15, -0.1) is 0 Å². The lowest BCUT2D eigenvalue weighted by molar-refractivity contribution is 0.621. The van der Waals surface area contributed by atoms with E-state index in [9.17, 15) is 4.39 Å². The number of hydrogen-bond donors (Lipinski definition) is 1. The van der Waals surface area contributed by atoms with Crippen molar-refractivity contribution < 1.29 is 4.39 Å². The molecule has 2 unspecified atom stereocenters. The van der Waals surface area contributed by atoms with Gasteiger partial charge in [0.25, 0.3) is 0 Å². The molecule has 0 radical (unpaired) electrons. The van der Waals surface area contributed by atoms with E-state index in [2.05, 4.69) is 19.9 Å². The molecular formula is C16H16FN. The van der Waals surface area contributed by atoms with Gasteiger partial charge >= 0.3 is 0 Å². The first-order valence-corrected chi connectivity index (χ1v) is 6.29. The highest BCUT2D eigenvalue weighted by molar-refractivity contribution is 6.08. The summed E-state index contributed by atoms with van der Waals surface area (Å²) in [5.74, 6) is 0.117. The fourth-order valence-electron chi connectivity index (χ4n) is 2.77. The molecule has 2 aliphatic rings. The Morgan fingerprint density at radius 3 is 2.94 bits per heavy atom. The predicted octanol–water partition coefficient (Wildman–Crippen LogP) is 3.99. The summed E-state index contributed by atoms with van der Waals surface area (Å²) < 4.78 is 13.5. The van der Waals surface area contributed by atoms with Crippen molar-refractivity contribution in [3.63, 3.8) is 0 Å². The van der Waals surface area contributed by atoms with Gasteiger partial charge in [-0.25, -0.2) is 4.39 Å². The molecule has 18 heavy (non-hydrogen) atoms. The molecule has 2 atom stereocenters. The Balaban J connectivity index is 2.23. The molecule has 1 saturated carbocycles. The van der Waals surface area contributed by atoms with Crippen LogP contribution >= 0.6 is 0 Å². The smallest absolute Gasteiger partial charge is 0.123 e. The first-order chi connectivity index (χ1) is 8.50. The van der Waals surface area contributed by atoms with E-state index >= 15 is 0 Å². The Bertz CT molecular complexity index is 597. The van der Waals surface area contributed by atoms with E-state index < -0.39 is 0 Å². The lowest BCUT2D eigenvalue weighted by atomic mass is 9.90. The lowest BCUT2D eigenvalue weighted by Crippen LogP contribution is -2.09. The van der Waals surface area contributed by atoms with Crippen molar-refractivity contribution in [1.82, 2.24) is 0 Å².